The fourth-order valence-corrected chi connectivity index (χ4v) is 1.49. The number of carbonyl (C=O) groups excluding carboxylic acids is 2. The Kier molecular flexibility index (Phi) is 2.45. The van der Waals surface area contributed by atoms with Gasteiger partial charge in [0.15, 0.2) is 0 Å². The molecule has 1 fully saturated rings. The van der Waals surface area contributed by atoms with Crippen molar-refractivity contribution in [2.24, 2.45) is 4.99 Å². The van der Waals surface area contributed by atoms with Gasteiger partial charge in [-0.05, 0) is 0 Å². The molecule has 1 N–H and O–H groups in total. The highest BCUT2D eigenvalue weighted by Crippen LogP contribution is 2.04. The number of imide groups is 1. The molecule has 2 rings (SSSR count). The van der Waals surface area contributed by atoms with Gasteiger partial charge in [-0.25, -0.2) is 4.79 Å². The van der Waals surface area contributed by atoms with Crippen LogP contribution in [0.2, 0.25) is 0 Å². The second kappa shape index (κ2) is 3.75. The van der Waals surface area contributed by atoms with Crippen LogP contribution in [0, 0.1) is 0 Å². The summed E-state index contributed by atoms with van der Waals surface area (Å²) in [7, 11) is 0. The van der Waals surface area contributed by atoms with E-state index in [2.05, 4.69) is 10.3 Å². The number of hydrogen-bond acceptors (Lipinski definition) is 4. The number of carbonyl (C=O) groups is 2. The molecule has 3 amide bonds. The van der Waals surface area contributed by atoms with Gasteiger partial charge in [0.1, 0.15) is 6.67 Å². The smallest absolute Gasteiger partial charge is 0.307 e. The number of piperazine rings is 1. The fraction of sp³-hybridized carbons (Fsp3) is 0.625. The highest BCUT2D eigenvalue weighted by Gasteiger charge is 2.28. The molecule has 14 heavy (non-hydrogen) atoms. The van der Waals surface area contributed by atoms with Gasteiger partial charge in [-0.1, -0.05) is 0 Å². The Morgan fingerprint density at radius 3 is 3.07 bits per heavy atom. The number of aliphatic imine (C=N–C) groups is 1. The summed E-state index contributed by atoms with van der Waals surface area (Å²) in [5.74, 6) is -0.159. The maximum atomic E-state index is 11.7. The van der Waals surface area contributed by atoms with Gasteiger partial charge in [-0.3, -0.25) is 19.6 Å². The molecule has 2 aliphatic rings. The van der Waals surface area contributed by atoms with Crippen molar-refractivity contribution in [3.63, 3.8) is 0 Å². The molecule has 6 nitrogen and oxygen atoms in total. The predicted octanol–water partition coefficient (Wildman–Crippen LogP) is -1.12. The lowest BCUT2D eigenvalue weighted by Gasteiger charge is -2.28. The van der Waals surface area contributed by atoms with Crippen molar-refractivity contribution >= 4 is 18.2 Å². The van der Waals surface area contributed by atoms with E-state index in [9.17, 15) is 9.59 Å². The van der Waals surface area contributed by atoms with Crippen LogP contribution in [0.4, 0.5) is 4.79 Å². The average molecular weight is 196 g/mol. The number of hydrogen-bond donors (Lipinski definition) is 1. The molecular weight excluding hydrogens is 184 g/mol. The van der Waals surface area contributed by atoms with Crippen LogP contribution >= 0.6 is 0 Å². The van der Waals surface area contributed by atoms with E-state index in [0.717, 1.165) is 0 Å². The summed E-state index contributed by atoms with van der Waals surface area (Å²) in [5.41, 5.74) is 0. The molecule has 0 spiro atoms. The van der Waals surface area contributed by atoms with Crippen molar-refractivity contribution in [1.29, 1.82) is 0 Å². The van der Waals surface area contributed by atoms with Gasteiger partial charge in [0.05, 0.1) is 13.1 Å². The van der Waals surface area contributed by atoms with Crippen molar-refractivity contribution < 1.29 is 9.59 Å². The third-order valence-electron chi connectivity index (χ3n) is 2.27. The highest BCUT2D eigenvalue weighted by molar-refractivity contribution is 5.96. The molecule has 0 bridgehead atoms. The van der Waals surface area contributed by atoms with Crippen molar-refractivity contribution in [3.8, 4) is 0 Å². The Bertz CT molecular complexity index is 281. The van der Waals surface area contributed by atoms with Crippen molar-refractivity contribution in [3.05, 3.63) is 0 Å². The van der Waals surface area contributed by atoms with Crippen molar-refractivity contribution in [2.75, 3.05) is 32.8 Å². The molecule has 1 saturated heterocycles. The lowest BCUT2D eigenvalue weighted by molar-refractivity contribution is -0.129. The second-order valence-corrected chi connectivity index (χ2v) is 3.23. The summed E-state index contributed by atoms with van der Waals surface area (Å²) < 4.78 is 0. The van der Waals surface area contributed by atoms with Gasteiger partial charge in [-0.15, -0.1) is 0 Å². The molecule has 0 aromatic heterocycles. The van der Waals surface area contributed by atoms with Gasteiger partial charge in [0.2, 0.25) is 5.91 Å². The third-order valence-corrected chi connectivity index (χ3v) is 2.27. The first-order valence-electron chi connectivity index (χ1n) is 4.57. The van der Waals surface area contributed by atoms with E-state index < -0.39 is 0 Å². The molecule has 0 saturated carbocycles. The number of rotatable bonds is 0. The lowest BCUT2D eigenvalue weighted by atomic mass is 10.3. The number of nitrogens with one attached hydrogen (secondary N) is 1. The Morgan fingerprint density at radius 2 is 2.43 bits per heavy atom. The summed E-state index contributed by atoms with van der Waals surface area (Å²) >= 11 is 0. The number of nitrogens with zero attached hydrogens (tertiary/aromatic N) is 3. The Labute approximate surface area is 81.6 Å². The maximum Gasteiger partial charge on any atom is 0.328 e. The van der Waals surface area contributed by atoms with Crippen molar-refractivity contribution in [1.82, 2.24) is 15.1 Å². The van der Waals surface area contributed by atoms with Crippen LogP contribution in [0.5, 0.6) is 0 Å². The largest absolute Gasteiger partial charge is 0.328 e. The Balaban J connectivity index is 1.98. The molecule has 0 aromatic rings. The molecule has 0 aromatic carbocycles. The first-order chi connectivity index (χ1) is 6.79. The van der Waals surface area contributed by atoms with E-state index in [1.165, 1.54) is 4.90 Å². The van der Waals surface area contributed by atoms with Crippen LogP contribution in [0.1, 0.15) is 0 Å². The minimum Gasteiger partial charge on any atom is -0.307 e. The van der Waals surface area contributed by atoms with Crippen LogP contribution in [0.3, 0.4) is 0 Å². The summed E-state index contributed by atoms with van der Waals surface area (Å²) in [4.78, 5) is 29.9. The molecule has 76 valence electrons. The minimum absolute atomic E-state index is 0.159. The Morgan fingerprint density at radius 1 is 1.57 bits per heavy atom. The van der Waals surface area contributed by atoms with Crippen LogP contribution in [0.25, 0.3) is 0 Å². The third kappa shape index (κ3) is 1.60. The van der Waals surface area contributed by atoms with Crippen LogP contribution in [-0.4, -0.2) is 60.8 Å². The first-order valence-corrected chi connectivity index (χ1v) is 4.57. The number of amides is 3. The molecule has 6 heteroatoms. The fourth-order valence-electron chi connectivity index (χ4n) is 1.49. The highest BCUT2D eigenvalue weighted by atomic mass is 16.2. The van der Waals surface area contributed by atoms with E-state index in [1.54, 1.807) is 11.1 Å². The van der Waals surface area contributed by atoms with E-state index in [4.69, 9.17) is 0 Å². The van der Waals surface area contributed by atoms with E-state index in [-0.39, 0.29) is 18.5 Å². The van der Waals surface area contributed by atoms with Crippen LogP contribution < -0.4 is 5.32 Å². The lowest BCUT2D eigenvalue weighted by Crippen LogP contribution is -2.54. The van der Waals surface area contributed by atoms with Gasteiger partial charge in [0.25, 0.3) is 0 Å². The molecule has 2 aliphatic heterocycles. The predicted molar refractivity (Wildman–Crippen MR) is 50.0 cm³/mol. The van der Waals surface area contributed by atoms with Crippen molar-refractivity contribution in [2.45, 2.75) is 0 Å². The summed E-state index contributed by atoms with van der Waals surface area (Å²) in [6, 6.07) is -0.228. The normalized spacial score (nSPS) is 21.9. The molecular formula is C8H12N4O2. The topological polar surface area (TPSA) is 65.0 Å². The zero-order valence-corrected chi connectivity index (χ0v) is 7.77. The van der Waals surface area contributed by atoms with Crippen LogP contribution in [-0.2, 0) is 4.79 Å². The number of urea groups is 1. The quantitative estimate of drug-likeness (QED) is 0.534. The van der Waals surface area contributed by atoms with Gasteiger partial charge >= 0.3 is 6.03 Å². The molecule has 0 atom stereocenters. The van der Waals surface area contributed by atoms with Gasteiger partial charge in [0, 0.05) is 19.3 Å². The Hall–Kier alpha value is -1.43. The SMILES string of the molecule is O=C1CNCCN1C(=O)N1CC=NC1. The second-order valence-electron chi connectivity index (χ2n) is 3.23. The van der Waals surface area contributed by atoms with E-state index >= 15 is 0 Å². The molecule has 2 heterocycles. The van der Waals surface area contributed by atoms with Crippen LogP contribution in [0.15, 0.2) is 4.99 Å². The van der Waals surface area contributed by atoms with E-state index in [0.29, 0.717) is 26.3 Å². The maximum absolute atomic E-state index is 11.7. The monoisotopic (exact) mass is 196 g/mol. The zero-order chi connectivity index (χ0) is 9.97. The molecule has 0 aliphatic carbocycles. The summed E-state index contributed by atoms with van der Waals surface area (Å²) in [6.07, 6.45) is 1.69. The zero-order valence-electron chi connectivity index (χ0n) is 7.77. The standard InChI is InChI=1S/C8H12N4O2/c13-7-5-9-2-4-12(7)8(14)11-3-1-10-6-11/h1,9H,2-6H2. The summed E-state index contributed by atoms with van der Waals surface area (Å²) in [5, 5.41) is 2.92. The summed E-state index contributed by atoms with van der Waals surface area (Å²) in [6.45, 7) is 2.26. The van der Waals surface area contributed by atoms with Gasteiger partial charge < -0.3 is 5.32 Å². The molecule has 0 unspecified atom stereocenters. The molecule has 0 radical (unpaired) electrons. The first kappa shape index (κ1) is 9.14. The van der Waals surface area contributed by atoms with E-state index in [1.807, 2.05) is 0 Å². The van der Waals surface area contributed by atoms with Gasteiger partial charge in [-0.2, -0.15) is 0 Å². The average Bonchev–Trinajstić information content (AvgIpc) is 2.70. The minimum atomic E-state index is -0.228.